The van der Waals surface area contributed by atoms with Gasteiger partial charge in [0, 0.05) is 30.9 Å². The molecule has 2 heterocycles. The number of aryl methyl sites for hydroxylation is 1. The monoisotopic (exact) mass is 345 g/mol. The van der Waals surface area contributed by atoms with Gasteiger partial charge in [-0.25, -0.2) is 4.39 Å². The molecule has 0 bridgehead atoms. The minimum absolute atomic E-state index is 0.152. The van der Waals surface area contributed by atoms with Crippen molar-refractivity contribution in [2.75, 3.05) is 6.54 Å². The van der Waals surface area contributed by atoms with E-state index in [1.165, 1.54) is 12.1 Å². The molecule has 7 heteroatoms. The van der Waals surface area contributed by atoms with Crippen molar-refractivity contribution in [3.8, 4) is 0 Å². The first kappa shape index (κ1) is 17.1. The number of fused-ring (bicyclic) bond motifs is 1. The molecule has 1 aliphatic rings. The van der Waals surface area contributed by atoms with Crippen LogP contribution in [0.2, 0.25) is 0 Å². The summed E-state index contributed by atoms with van der Waals surface area (Å²) in [5.74, 6) is -2.83. The molecule has 0 spiro atoms. The van der Waals surface area contributed by atoms with E-state index in [0.29, 0.717) is 12.1 Å². The molecule has 132 valence electrons. The molecule has 1 aromatic carbocycles. The van der Waals surface area contributed by atoms with E-state index in [0.717, 1.165) is 6.07 Å². The number of aliphatic carboxylic acids is 1. The lowest BCUT2D eigenvalue weighted by atomic mass is 9.80. The number of halogens is 1. The summed E-state index contributed by atoms with van der Waals surface area (Å²) in [7, 11) is 1.73. The number of amides is 1. The van der Waals surface area contributed by atoms with Crippen LogP contribution >= 0.6 is 0 Å². The summed E-state index contributed by atoms with van der Waals surface area (Å²) in [4.78, 5) is 26.6. The first-order valence-corrected chi connectivity index (χ1v) is 8.11. The van der Waals surface area contributed by atoms with Crippen molar-refractivity contribution < 1.29 is 19.1 Å². The third-order valence-corrected chi connectivity index (χ3v) is 4.39. The Morgan fingerprint density at radius 2 is 2.12 bits per heavy atom. The fraction of sp³-hybridized carbons (Fsp3) is 0.389. The number of benzene rings is 1. The van der Waals surface area contributed by atoms with Gasteiger partial charge in [0.25, 0.3) is 5.91 Å². The first-order valence-electron chi connectivity index (χ1n) is 8.11. The van der Waals surface area contributed by atoms with Crippen LogP contribution in [0.4, 0.5) is 4.39 Å². The zero-order valence-corrected chi connectivity index (χ0v) is 14.3. The lowest BCUT2D eigenvalue weighted by molar-refractivity contribution is -0.140. The Kier molecular flexibility index (Phi) is 4.32. The maximum atomic E-state index is 13.8. The molecule has 3 rings (SSSR count). The van der Waals surface area contributed by atoms with Crippen molar-refractivity contribution in [2.45, 2.75) is 25.8 Å². The van der Waals surface area contributed by atoms with E-state index < -0.39 is 23.7 Å². The number of carboxylic acids is 1. The van der Waals surface area contributed by atoms with Gasteiger partial charge in [-0.3, -0.25) is 14.3 Å². The number of rotatable bonds is 4. The van der Waals surface area contributed by atoms with Crippen LogP contribution in [0, 0.1) is 11.7 Å². The fourth-order valence-corrected chi connectivity index (χ4v) is 3.44. The van der Waals surface area contributed by atoms with Gasteiger partial charge < -0.3 is 10.0 Å². The molecule has 0 fully saturated rings. The molecule has 1 aromatic heterocycles. The topological polar surface area (TPSA) is 75.4 Å². The van der Waals surface area contributed by atoms with Crippen LogP contribution in [-0.2, 0) is 11.8 Å². The van der Waals surface area contributed by atoms with Crippen LogP contribution in [0.1, 0.15) is 47.3 Å². The van der Waals surface area contributed by atoms with Crippen molar-refractivity contribution >= 4 is 11.9 Å². The molecule has 1 aliphatic heterocycles. The lowest BCUT2D eigenvalue weighted by Crippen LogP contribution is -2.46. The number of nitrogens with zero attached hydrogens (tertiary/aromatic N) is 3. The third-order valence-electron chi connectivity index (χ3n) is 4.39. The Balaban J connectivity index is 2.22. The van der Waals surface area contributed by atoms with E-state index in [2.05, 4.69) is 5.10 Å². The highest BCUT2D eigenvalue weighted by Gasteiger charge is 2.45. The minimum atomic E-state index is -1.10. The number of aromatic nitrogens is 2. The highest BCUT2D eigenvalue weighted by Crippen LogP contribution is 2.43. The smallest absolute Gasteiger partial charge is 0.313 e. The molecule has 2 atom stereocenters. The predicted molar refractivity (Wildman–Crippen MR) is 88.6 cm³/mol. The van der Waals surface area contributed by atoms with Crippen molar-refractivity contribution in [1.29, 1.82) is 0 Å². The van der Waals surface area contributed by atoms with Crippen molar-refractivity contribution in [2.24, 2.45) is 13.0 Å². The summed E-state index contributed by atoms with van der Waals surface area (Å²) in [6.07, 6.45) is 3.26. The molecular weight excluding hydrogens is 325 g/mol. The van der Waals surface area contributed by atoms with Crippen LogP contribution in [0.3, 0.4) is 0 Å². The van der Waals surface area contributed by atoms with Gasteiger partial charge in [0.2, 0.25) is 0 Å². The number of carbonyl (C=O) groups excluding carboxylic acids is 1. The fourth-order valence-electron chi connectivity index (χ4n) is 3.44. The molecule has 1 N–H and O–H groups in total. The van der Waals surface area contributed by atoms with Gasteiger partial charge in [-0.05, 0) is 29.7 Å². The predicted octanol–water partition coefficient (Wildman–Crippen LogP) is 2.58. The molecule has 2 aromatic rings. The van der Waals surface area contributed by atoms with Crippen LogP contribution in [0.25, 0.3) is 0 Å². The maximum absolute atomic E-state index is 13.8. The average Bonchev–Trinajstić information content (AvgIpc) is 2.94. The number of hydrogen-bond donors (Lipinski definition) is 1. The van der Waals surface area contributed by atoms with Crippen LogP contribution < -0.4 is 0 Å². The van der Waals surface area contributed by atoms with Crippen molar-refractivity contribution in [3.05, 3.63) is 53.1 Å². The molecular formula is C18H20FN3O3. The Bertz CT molecular complexity index is 831. The van der Waals surface area contributed by atoms with Gasteiger partial charge in [0.1, 0.15) is 11.7 Å². The van der Waals surface area contributed by atoms with Crippen molar-refractivity contribution in [3.63, 3.8) is 0 Å². The highest BCUT2D eigenvalue weighted by molar-refractivity contribution is 6.00. The van der Waals surface area contributed by atoms with Gasteiger partial charge in [-0.15, -0.1) is 0 Å². The normalized spacial score (nSPS) is 20.0. The third kappa shape index (κ3) is 3.01. The number of carbonyl (C=O) groups is 2. The number of hydrogen-bond acceptors (Lipinski definition) is 3. The summed E-state index contributed by atoms with van der Waals surface area (Å²) in [5, 5.41) is 14.0. The van der Waals surface area contributed by atoms with Gasteiger partial charge in [0.05, 0.1) is 12.2 Å². The van der Waals surface area contributed by atoms with E-state index >= 15 is 0 Å². The van der Waals surface area contributed by atoms with Crippen LogP contribution in [0.15, 0.2) is 30.6 Å². The molecule has 0 aliphatic carbocycles. The number of carboxylic acid groups (broad SMARTS) is 1. The Morgan fingerprint density at radius 1 is 1.40 bits per heavy atom. The molecule has 25 heavy (non-hydrogen) atoms. The second-order valence-corrected chi connectivity index (χ2v) is 6.79. The lowest BCUT2D eigenvalue weighted by Gasteiger charge is -2.41. The summed E-state index contributed by atoms with van der Waals surface area (Å²) in [5.41, 5.74) is 1.08. The highest BCUT2D eigenvalue weighted by atomic mass is 19.1. The molecule has 2 unspecified atom stereocenters. The summed E-state index contributed by atoms with van der Waals surface area (Å²) >= 11 is 0. The van der Waals surface area contributed by atoms with E-state index in [4.69, 9.17) is 0 Å². The van der Waals surface area contributed by atoms with Crippen LogP contribution in [0.5, 0.6) is 0 Å². The SMILES string of the molecule is CC(C)CN1C(=O)c2ccc(F)cc2C(C(=O)O)C1c1cnn(C)c1. The second kappa shape index (κ2) is 6.31. The molecule has 0 radical (unpaired) electrons. The quantitative estimate of drug-likeness (QED) is 0.924. The standard InChI is InChI=1S/C18H20FN3O3/c1-10(2)8-22-16(11-7-20-21(3)9-11)15(18(24)25)14-6-12(19)4-5-13(14)17(22)23/h4-7,9-10,15-16H,8H2,1-3H3,(H,24,25). The Morgan fingerprint density at radius 3 is 2.68 bits per heavy atom. The van der Waals surface area contributed by atoms with E-state index in [-0.39, 0.29) is 23.0 Å². The summed E-state index contributed by atoms with van der Waals surface area (Å²) < 4.78 is 15.3. The molecule has 0 saturated heterocycles. The summed E-state index contributed by atoms with van der Waals surface area (Å²) in [6, 6.07) is 2.99. The van der Waals surface area contributed by atoms with E-state index in [1.54, 1.807) is 29.0 Å². The van der Waals surface area contributed by atoms with Crippen LogP contribution in [-0.4, -0.2) is 38.2 Å². The van der Waals surface area contributed by atoms with Gasteiger partial charge in [-0.2, -0.15) is 5.10 Å². The maximum Gasteiger partial charge on any atom is 0.313 e. The van der Waals surface area contributed by atoms with Gasteiger partial charge in [0.15, 0.2) is 0 Å². The second-order valence-electron chi connectivity index (χ2n) is 6.79. The minimum Gasteiger partial charge on any atom is -0.481 e. The van der Waals surface area contributed by atoms with Gasteiger partial charge in [-0.1, -0.05) is 13.8 Å². The molecule has 0 saturated carbocycles. The Hall–Kier alpha value is -2.70. The average molecular weight is 345 g/mol. The van der Waals surface area contributed by atoms with E-state index in [1.807, 2.05) is 13.8 Å². The van der Waals surface area contributed by atoms with E-state index in [9.17, 15) is 19.1 Å². The summed E-state index contributed by atoms with van der Waals surface area (Å²) in [6.45, 7) is 4.33. The molecule has 1 amide bonds. The molecule has 6 nitrogen and oxygen atoms in total. The zero-order chi connectivity index (χ0) is 18.3. The first-order chi connectivity index (χ1) is 11.8. The zero-order valence-electron chi connectivity index (χ0n) is 14.3. The largest absolute Gasteiger partial charge is 0.481 e. The van der Waals surface area contributed by atoms with Crippen molar-refractivity contribution in [1.82, 2.24) is 14.7 Å². The van der Waals surface area contributed by atoms with Gasteiger partial charge >= 0.3 is 5.97 Å². The Labute approximate surface area is 144 Å².